The van der Waals surface area contributed by atoms with Gasteiger partial charge in [-0.25, -0.2) is 0 Å². The summed E-state index contributed by atoms with van der Waals surface area (Å²) in [6.07, 6.45) is -8.42. The van der Waals surface area contributed by atoms with Gasteiger partial charge in [-0.2, -0.15) is 0 Å². The van der Waals surface area contributed by atoms with Crippen LogP contribution in [-0.2, 0) is 4.74 Å². The van der Waals surface area contributed by atoms with Gasteiger partial charge in [0.05, 0.1) is 20.8 Å². The highest BCUT2D eigenvalue weighted by atomic mass is 16.7. The first kappa shape index (κ1) is 25.3. The van der Waals surface area contributed by atoms with Crippen LogP contribution in [0.5, 0.6) is 34.5 Å². The van der Waals surface area contributed by atoms with Gasteiger partial charge in [0, 0.05) is 17.7 Å². The van der Waals surface area contributed by atoms with Gasteiger partial charge in [0.25, 0.3) is 0 Å². The second kappa shape index (κ2) is 9.72. The van der Waals surface area contributed by atoms with E-state index in [9.17, 15) is 40.5 Å². The Labute approximate surface area is 202 Å². The predicted octanol–water partition coefficient (Wildman–Crippen LogP) is -0.227. The van der Waals surface area contributed by atoms with Crippen LogP contribution in [0, 0.1) is 0 Å². The summed E-state index contributed by atoms with van der Waals surface area (Å²) in [6, 6.07) is 4.55. The molecule has 0 saturated carbocycles. The Balaban J connectivity index is 1.96. The zero-order valence-corrected chi connectivity index (χ0v) is 19.0. The first-order valence-corrected chi connectivity index (χ1v) is 10.6. The lowest BCUT2D eigenvalue weighted by Gasteiger charge is -2.39. The fourth-order valence-electron chi connectivity index (χ4n) is 3.87. The van der Waals surface area contributed by atoms with Crippen LogP contribution in [0.2, 0.25) is 0 Å². The molecule has 36 heavy (non-hydrogen) atoms. The summed E-state index contributed by atoms with van der Waals surface area (Å²) in [5, 5.41) is 70.1. The first-order valence-electron chi connectivity index (χ1n) is 10.6. The largest absolute Gasteiger partial charge is 0.508 e. The molecule has 13 nitrogen and oxygen atoms in total. The summed E-state index contributed by atoms with van der Waals surface area (Å²) < 4.78 is 27.1. The Morgan fingerprint density at radius 3 is 2.14 bits per heavy atom. The summed E-state index contributed by atoms with van der Waals surface area (Å²) >= 11 is 0. The Morgan fingerprint density at radius 2 is 1.56 bits per heavy atom. The number of hydrogen-bond acceptors (Lipinski definition) is 13. The fraction of sp³-hybridized carbons (Fsp3) is 0.348. The van der Waals surface area contributed by atoms with Crippen molar-refractivity contribution in [3.05, 3.63) is 34.5 Å². The molecule has 2 heterocycles. The van der Waals surface area contributed by atoms with E-state index in [4.69, 9.17) is 23.4 Å². The Morgan fingerprint density at radius 1 is 0.917 bits per heavy atom. The van der Waals surface area contributed by atoms with Crippen molar-refractivity contribution in [1.82, 2.24) is 0 Å². The fourth-order valence-corrected chi connectivity index (χ4v) is 3.87. The first-order chi connectivity index (χ1) is 17.1. The van der Waals surface area contributed by atoms with Crippen molar-refractivity contribution < 1.29 is 59.1 Å². The third-order valence-corrected chi connectivity index (χ3v) is 5.74. The highest BCUT2D eigenvalue weighted by Crippen LogP contribution is 2.43. The molecule has 0 bridgehead atoms. The van der Waals surface area contributed by atoms with Crippen LogP contribution in [0.1, 0.15) is 0 Å². The van der Waals surface area contributed by atoms with Crippen molar-refractivity contribution in [3.8, 4) is 45.8 Å². The van der Waals surface area contributed by atoms with E-state index in [-0.39, 0.29) is 39.5 Å². The smallest absolute Gasteiger partial charge is 0.239 e. The standard InChI is InChI=1S/C23H24O13/c1-32-12-3-8(4-13(33-2)16(12)27)21-22(18(29)15-10(26)5-9(25)6-11(15)34-21)36-23-20(31)19(30)17(28)14(7-24)35-23/h3-6,14,17,19-20,23-28,30-31H,7H2,1-2H3/t14-,17+,19+,20-,23?/m0/s1. The van der Waals surface area contributed by atoms with E-state index < -0.39 is 60.0 Å². The molecule has 0 aliphatic carbocycles. The van der Waals surface area contributed by atoms with Crippen molar-refractivity contribution >= 4 is 11.0 Å². The van der Waals surface area contributed by atoms with Gasteiger partial charge >= 0.3 is 0 Å². The average Bonchev–Trinajstić information content (AvgIpc) is 2.85. The summed E-state index contributed by atoms with van der Waals surface area (Å²) in [6.45, 7) is -0.740. The van der Waals surface area contributed by atoms with Crippen LogP contribution in [-0.4, -0.2) is 87.3 Å². The predicted molar refractivity (Wildman–Crippen MR) is 120 cm³/mol. The molecular weight excluding hydrogens is 484 g/mol. The monoisotopic (exact) mass is 508 g/mol. The van der Waals surface area contributed by atoms with E-state index >= 15 is 0 Å². The van der Waals surface area contributed by atoms with E-state index in [1.165, 1.54) is 26.4 Å². The third-order valence-electron chi connectivity index (χ3n) is 5.74. The second-order valence-electron chi connectivity index (χ2n) is 7.97. The number of phenols is 3. The molecule has 1 aliphatic heterocycles. The van der Waals surface area contributed by atoms with E-state index in [1.807, 2.05) is 0 Å². The summed E-state index contributed by atoms with van der Waals surface area (Å²) in [5.41, 5.74) is -1.12. The average molecular weight is 508 g/mol. The minimum atomic E-state index is -1.86. The van der Waals surface area contributed by atoms with Gasteiger partial charge in [-0.1, -0.05) is 0 Å². The SMILES string of the molecule is COc1cc(-c2oc3cc(O)cc(O)c3c(=O)c2OC2O[C@@H](CO)[C@@H](O)[C@@H](O)[C@@H]2O)cc(OC)c1O. The number of ether oxygens (including phenoxy) is 4. The summed E-state index contributed by atoms with van der Waals surface area (Å²) in [7, 11) is 2.55. The minimum Gasteiger partial charge on any atom is -0.508 e. The van der Waals surface area contributed by atoms with Gasteiger partial charge < -0.3 is 59.1 Å². The van der Waals surface area contributed by atoms with Gasteiger partial charge in [0.1, 0.15) is 46.9 Å². The normalized spacial score (nSPS) is 24.0. The molecule has 1 aliphatic rings. The van der Waals surface area contributed by atoms with Gasteiger partial charge in [0.15, 0.2) is 17.3 Å². The molecule has 0 amide bonds. The lowest BCUT2D eigenvalue weighted by Crippen LogP contribution is -2.60. The zero-order chi connectivity index (χ0) is 26.3. The number of hydrogen-bond donors (Lipinski definition) is 7. The van der Waals surface area contributed by atoms with Crippen molar-refractivity contribution in [2.24, 2.45) is 0 Å². The van der Waals surface area contributed by atoms with E-state index in [0.717, 1.165) is 12.1 Å². The van der Waals surface area contributed by atoms with Crippen molar-refractivity contribution in [2.45, 2.75) is 30.7 Å². The van der Waals surface area contributed by atoms with Gasteiger partial charge in [-0.3, -0.25) is 4.79 Å². The molecule has 194 valence electrons. The maximum Gasteiger partial charge on any atom is 0.239 e. The molecule has 1 fully saturated rings. The van der Waals surface area contributed by atoms with Crippen LogP contribution in [0.25, 0.3) is 22.3 Å². The number of fused-ring (bicyclic) bond motifs is 1. The topological polar surface area (TPSA) is 209 Å². The quantitative estimate of drug-likeness (QED) is 0.230. The molecule has 1 saturated heterocycles. The second-order valence-corrected chi connectivity index (χ2v) is 7.97. The number of aromatic hydroxyl groups is 3. The number of methoxy groups -OCH3 is 2. The molecule has 7 N–H and O–H groups in total. The number of phenolic OH excluding ortho intramolecular Hbond substituents is 3. The van der Waals surface area contributed by atoms with Crippen LogP contribution in [0.15, 0.2) is 33.5 Å². The van der Waals surface area contributed by atoms with E-state index in [1.54, 1.807) is 0 Å². The lowest BCUT2D eigenvalue weighted by molar-refractivity contribution is -0.277. The molecule has 0 spiro atoms. The number of aliphatic hydroxyl groups excluding tert-OH is 4. The van der Waals surface area contributed by atoms with Gasteiger partial charge in [-0.15, -0.1) is 0 Å². The molecule has 1 aromatic heterocycles. The van der Waals surface area contributed by atoms with E-state index in [2.05, 4.69) is 0 Å². The Bertz CT molecular complexity index is 1310. The molecule has 4 rings (SSSR count). The molecule has 5 atom stereocenters. The number of aliphatic hydroxyl groups is 4. The van der Waals surface area contributed by atoms with Crippen LogP contribution >= 0.6 is 0 Å². The minimum absolute atomic E-state index is 0.0651. The maximum absolute atomic E-state index is 13.5. The molecule has 13 heteroatoms. The summed E-state index contributed by atoms with van der Waals surface area (Å²) in [4.78, 5) is 13.5. The van der Waals surface area contributed by atoms with Crippen LogP contribution in [0.3, 0.4) is 0 Å². The Hall–Kier alpha value is -3.75. The molecule has 0 radical (unpaired) electrons. The molecular formula is C23H24O13. The van der Waals surface area contributed by atoms with E-state index in [0.29, 0.717) is 0 Å². The van der Waals surface area contributed by atoms with Crippen molar-refractivity contribution in [2.75, 3.05) is 20.8 Å². The van der Waals surface area contributed by atoms with Crippen LogP contribution < -0.4 is 19.6 Å². The number of benzene rings is 2. The lowest BCUT2D eigenvalue weighted by atomic mass is 9.99. The Kier molecular flexibility index (Phi) is 6.84. The molecule has 2 aromatic carbocycles. The van der Waals surface area contributed by atoms with Crippen LogP contribution in [0.4, 0.5) is 0 Å². The third kappa shape index (κ3) is 4.23. The zero-order valence-electron chi connectivity index (χ0n) is 19.0. The van der Waals surface area contributed by atoms with Gasteiger partial charge in [-0.05, 0) is 12.1 Å². The molecule has 3 aromatic rings. The van der Waals surface area contributed by atoms with Crippen molar-refractivity contribution in [3.63, 3.8) is 0 Å². The highest BCUT2D eigenvalue weighted by Gasteiger charge is 2.45. The summed E-state index contributed by atoms with van der Waals surface area (Å²) in [5.74, 6) is -2.44. The highest BCUT2D eigenvalue weighted by molar-refractivity contribution is 5.88. The number of rotatable bonds is 6. The maximum atomic E-state index is 13.5. The van der Waals surface area contributed by atoms with Gasteiger partial charge in [0.2, 0.25) is 23.2 Å². The molecule has 1 unspecified atom stereocenters. The van der Waals surface area contributed by atoms with Crippen molar-refractivity contribution in [1.29, 1.82) is 0 Å².